The molecule has 164 valence electrons. The standard InChI is InChI=1S/C26H23FO5/c1-29-25(28)13-16-15-30-24-14-18(7-8-19(16)24)32-23-11-9-20-22(12-10-21(27)26(20)23)31-17-5-3-2-4-6-17/h2-8,10,12,14,16,23H,9,11,13,15H2,1H3/t16?,23-/m1/s1. The molecule has 0 aromatic heterocycles. The third-order valence-electron chi connectivity index (χ3n) is 5.99. The highest BCUT2D eigenvalue weighted by atomic mass is 19.1. The van der Waals surface area contributed by atoms with E-state index >= 15 is 0 Å². The number of rotatable bonds is 6. The average Bonchev–Trinajstić information content (AvgIpc) is 3.41. The maximum Gasteiger partial charge on any atom is 0.306 e. The van der Waals surface area contributed by atoms with Gasteiger partial charge in [0, 0.05) is 28.7 Å². The Balaban J connectivity index is 1.35. The van der Waals surface area contributed by atoms with Gasteiger partial charge in [0.15, 0.2) is 0 Å². The third kappa shape index (κ3) is 3.88. The SMILES string of the molecule is COC(=O)CC1COc2cc(O[C@@H]3CCc4c(Oc5ccccc5)ccc(F)c43)ccc21. The molecule has 0 bridgehead atoms. The van der Waals surface area contributed by atoms with Crippen LogP contribution in [0.4, 0.5) is 4.39 Å². The summed E-state index contributed by atoms with van der Waals surface area (Å²) in [4.78, 5) is 11.6. The molecule has 6 heteroatoms. The number of methoxy groups -OCH3 is 1. The maximum atomic E-state index is 14.8. The first-order valence-corrected chi connectivity index (χ1v) is 10.7. The summed E-state index contributed by atoms with van der Waals surface area (Å²) in [5, 5.41) is 0. The van der Waals surface area contributed by atoms with Gasteiger partial charge in [0.1, 0.15) is 34.9 Å². The van der Waals surface area contributed by atoms with Crippen molar-refractivity contribution in [2.24, 2.45) is 0 Å². The Morgan fingerprint density at radius 1 is 1.09 bits per heavy atom. The Bertz CT molecular complexity index is 1140. The van der Waals surface area contributed by atoms with Crippen molar-refractivity contribution in [3.8, 4) is 23.0 Å². The zero-order valence-corrected chi connectivity index (χ0v) is 17.7. The van der Waals surface area contributed by atoms with Crippen LogP contribution in [0.15, 0.2) is 60.7 Å². The van der Waals surface area contributed by atoms with Crippen LogP contribution in [0.1, 0.15) is 41.6 Å². The monoisotopic (exact) mass is 434 g/mol. The molecule has 2 aliphatic rings. The molecule has 3 aromatic carbocycles. The highest BCUT2D eigenvalue weighted by Crippen LogP contribution is 2.44. The van der Waals surface area contributed by atoms with Crippen molar-refractivity contribution in [1.29, 1.82) is 0 Å². The van der Waals surface area contributed by atoms with Crippen molar-refractivity contribution in [2.45, 2.75) is 31.3 Å². The van der Waals surface area contributed by atoms with E-state index < -0.39 is 6.10 Å². The number of hydrogen-bond donors (Lipinski definition) is 0. The molecule has 5 nitrogen and oxygen atoms in total. The van der Waals surface area contributed by atoms with E-state index in [0.29, 0.717) is 48.0 Å². The lowest BCUT2D eigenvalue weighted by Crippen LogP contribution is -2.09. The van der Waals surface area contributed by atoms with Crippen LogP contribution in [0.5, 0.6) is 23.0 Å². The van der Waals surface area contributed by atoms with E-state index in [9.17, 15) is 9.18 Å². The number of carbonyl (C=O) groups excluding carboxylic acids is 1. The molecule has 0 N–H and O–H groups in total. The molecule has 1 heterocycles. The number of benzene rings is 3. The van der Waals surface area contributed by atoms with E-state index in [1.807, 2.05) is 48.5 Å². The quantitative estimate of drug-likeness (QED) is 0.464. The topological polar surface area (TPSA) is 54.0 Å². The second kappa shape index (κ2) is 8.54. The first-order valence-electron chi connectivity index (χ1n) is 10.7. The summed E-state index contributed by atoms with van der Waals surface area (Å²) >= 11 is 0. The summed E-state index contributed by atoms with van der Waals surface area (Å²) < 4.78 is 37.5. The first kappa shape index (κ1) is 20.4. The van der Waals surface area contributed by atoms with E-state index in [0.717, 1.165) is 11.1 Å². The van der Waals surface area contributed by atoms with Gasteiger partial charge in [-0.3, -0.25) is 4.79 Å². The summed E-state index contributed by atoms with van der Waals surface area (Å²) in [6.45, 7) is 0.426. The number of esters is 1. The van der Waals surface area contributed by atoms with Crippen molar-refractivity contribution in [3.05, 3.63) is 83.2 Å². The second-order valence-corrected chi connectivity index (χ2v) is 7.99. The number of para-hydroxylation sites is 1. The molecule has 0 saturated carbocycles. The van der Waals surface area contributed by atoms with Gasteiger partial charge < -0.3 is 18.9 Å². The highest BCUT2D eigenvalue weighted by molar-refractivity contribution is 5.71. The number of ether oxygens (including phenoxy) is 4. The Hall–Kier alpha value is -3.54. The van der Waals surface area contributed by atoms with Crippen molar-refractivity contribution < 1.29 is 28.1 Å². The summed E-state index contributed by atoms with van der Waals surface area (Å²) in [6, 6.07) is 18.1. The normalized spacial score (nSPS) is 18.4. The fourth-order valence-corrected chi connectivity index (χ4v) is 4.42. The number of fused-ring (bicyclic) bond motifs is 2. The molecule has 0 radical (unpaired) electrons. The maximum absolute atomic E-state index is 14.8. The van der Waals surface area contributed by atoms with Crippen LogP contribution in [0.2, 0.25) is 0 Å². The Labute approximate surface area is 185 Å². The molecule has 0 fully saturated rings. The van der Waals surface area contributed by atoms with E-state index in [4.69, 9.17) is 18.9 Å². The molecule has 0 spiro atoms. The second-order valence-electron chi connectivity index (χ2n) is 7.99. The van der Waals surface area contributed by atoms with Gasteiger partial charge in [-0.15, -0.1) is 0 Å². The zero-order chi connectivity index (χ0) is 22.1. The van der Waals surface area contributed by atoms with Crippen molar-refractivity contribution in [2.75, 3.05) is 13.7 Å². The van der Waals surface area contributed by atoms with Gasteiger partial charge in [-0.05, 0) is 43.2 Å². The molecular formula is C26H23FO5. The van der Waals surface area contributed by atoms with E-state index in [1.54, 1.807) is 6.07 Å². The Morgan fingerprint density at radius 2 is 1.94 bits per heavy atom. The predicted octanol–water partition coefficient (Wildman–Crippen LogP) is 5.72. The first-order chi connectivity index (χ1) is 15.6. The van der Waals surface area contributed by atoms with Crippen LogP contribution in [0, 0.1) is 5.82 Å². The zero-order valence-electron chi connectivity index (χ0n) is 17.7. The minimum absolute atomic E-state index is 0.0335. The molecule has 1 aliphatic heterocycles. The van der Waals surface area contributed by atoms with Crippen LogP contribution < -0.4 is 14.2 Å². The smallest absolute Gasteiger partial charge is 0.306 e. The highest BCUT2D eigenvalue weighted by Gasteiger charge is 2.32. The number of hydrogen-bond acceptors (Lipinski definition) is 5. The van der Waals surface area contributed by atoms with Crippen LogP contribution in [-0.2, 0) is 16.0 Å². The van der Waals surface area contributed by atoms with E-state index in [1.165, 1.54) is 13.2 Å². The fourth-order valence-electron chi connectivity index (χ4n) is 4.42. The summed E-state index contributed by atoms with van der Waals surface area (Å²) in [7, 11) is 1.38. The largest absolute Gasteiger partial charge is 0.492 e. The van der Waals surface area contributed by atoms with Crippen molar-refractivity contribution in [3.63, 3.8) is 0 Å². The van der Waals surface area contributed by atoms with Gasteiger partial charge in [0.25, 0.3) is 0 Å². The van der Waals surface area contributed by atoms with Crippen molar-refractivity contribution in [1.82, 2.24) is 0 Å². The molecular weight excluding hydrogens is 411 g/mol. The lowest BCUT2D eigenvalue weighted by Gasteiger charge is -2.17. The van der Waals surface area contributed by atoms with Gasteiger partial charge in [0.05, 0.1) is 20.1 Å². The van der Waals surface area contributed by atoms with Crippen LogP contribution in [0.3, 0.4) is 0 Å². The molecule has 1 aliphatic carbocycles. The van der Waals surface area contributed by atoms with Crippen LogP contribution in [0.25, 0.3) is 0 Å². The van der Waals surface area contributed by atoms with Gasteiger partial charge in [0.2, 0.25) is 0 Å². The third-order valence-corrected chi connectivity index (χ3v) is 5.99. The molecule has 2 atom stereocenters. The van der Waals surface area contributed by atoms with Crippen LogP contribution >= 0.6 is 0 Å². The summed E-state index contributed by atoms with van der Waals surface area (Å²) in [5.41, 5.74) is 2.34. The summed E-state index contributed by atoms with van der Waals surface area (Å²) in [5.74, 6) is 2.07. The molecule has 3 aromatic rings. The van der Waals surface area contributed by atoms with Crippen LogP contribution in [-0.4, -0.2) is 19.7 Å². The van der Waals surface area contributed by atoms with E-state index in [2.05, 4.69) is 0 Å². The lowest BCUT2D eigenvalue weighted by molar-refractivity contribution is -0.141. The Kier molecular flexibility index (Phi) is 5.43. The number of halogens is 1. The van der Waals surface area contributed by atoms with Gasteiger partial charge in [-0.2, -0.15) is 0 Å². The number of carbonyl (C=O) groups is 1. The van der Waals surface area contributed by atoms with Gasteiger partial charge >= 0.3 is 5.97 Å². The van der Waals surface area contributed by atoms with Gasteiger partial charge in [-0.25, -0.2) is 4.39 Å². The minimum Gasteiger partial charge on any atom is -0.492 e. The molecule has 5 rings (SSSR count). The lowest BCUT2D eigenvalue weighted by atomic mass is 9.98. The van der Waals surface area contributed by atoms with Gasteiger partial charge in [-0.1, -0.05) is 24.3 Å². The minimum atomic E-state index is -0.408. The average molecular weight is 434 g/mol. The molecule has 32 heavy (non-hydrogen) atoms. The predicted molar refractivity (Wildman–Crippen MR) is 116 cm³/mol. The Morgan fingerprint density at radius 3 is 2.75 bits per heavy atom. The molecule has 0 saturated heterocycles. The fraction of sp³-hybridized carbons (Fsp3) is 0.269. The van der Waals surface area contributed by atoms with Crippen molar-refractivity contribution >= 4 is 5.97 Å². The van der Waals surface area contributed by atoms with E-state index in [-0.39, 0.29) is 24.1 Å². The molecule has 0 amide bonds. The molecule has 1 unspecified atom stereocenters. The summed E-state index contributed by atoms with van der Waals surface area (Å²) in [6.07, 6.45) is 1.19.